The molecule has 2 rings (SSSR count). The Hall–Kier alpha value is -0.700. The molecule has 0 unspecified atom stereocenters. The van der Waals surface area contributed by atoms with Crippen LogP contribution >= 0.6 is 43.2 Å². The summed E-state index contributed by atoms with van der Waals surface area (Å²) in [5.41, 5.74) is 0. The standard InChI is InChI=1S/C13H15Br2N3O2S/c1-7(2)16-6-12-17-18-13(21-12)20-11-5-8(14)10(19-3)4-9(11)15/h4-5,7,16H,6H2,1-3H3. The molecule has 1 N–H and O–H groups in total. The fourth-order valence-corrected chi connectivity index (χ4v) is 3.02. The zero-order chi connectivity index (χ0) is 15.4. The number of methoxy groups -OCH3 is 1. The normalized spacial score (nSPS) is 11.0. The van der Waals surface area contributed by atoms with Crippen molar-refractivity contribution in [2.24, 2.45) is 0 Å². The van der Waals surface area contributed by atoms with Gasteiger partial charge < -0.3 is 14.8 Å². The molecule has 114 valence electrons. The van der Waals surface area contributed by atoms with Crippen molar-refractivity contribution in [3.63, 3.8) is 0 Å². The van der Waals surface area contributed by atoms with Gasteiger partial charge in [0, 0.05) is 12.1 Å². The van der Waals surface area contributed by atoms with Gasteiger partial charge in [-0.05, 0) is 37.9 Å². The first-order chi connectivity index (χ1) is 9.99. The van der Waals surface area contributed by atoms with Crippen molar-refractivity contribution in [2.45, 2.75) is 26.4 Å². The second-order valence-corrected chi connectivity index (χ2v) is 7.25. The van der Waals surface area contributed by atoms with Crippen LogP contribution in [0.25, 0.3) is 0 Å². The van der Waals surface area contributed by atoms with Gasteiger partial charge in [-0.1, -0.05) is 30.3 Å². The van der Waals surface area contributed by atoms with Crippen LogP contribution in [0.4, 0.5) is 0 Å². The molecule has 1 aromatic carbocycles. The molecule has 0 radical (unpaired) electrons. The van der Waals surface area contributed by atoms with Crippen LogP contribution in [0.5, 0.6) is 16.7 Å². The Bertz CT molecular complexity index is 619. The molecule has 1 aromatic heterocycles. The topological polar surface area (TPSA) is 56.3 Å². The van der Waals surface area contributed by atoms with Crippen molar-refractivity contribution in [3.05, 3.63) is 26.1 Å². The molecule has 1 heterocycles. The lowest BCUT2D eigenvalue weighted by molar-refractivity contribution is 0.409. The van der Waals surface area contributed by atoms with Crippen molar-refractivity contribution in [2.75, 3.05) is 7.11 Å². The van der Waals surface area contributed by atoms with E-state index in [0.29, 0.717) is 23.5 Å². The SMILES string of the molecule is COc1cc(Br)c(Oc2nnc(CNC(C)C)s2)cc1Br. The average molecular weight is 437 g/mol. The summed E-state index contributed by atoms with van der Waals surface area (Å²) in [5, 5.41) is 12.8. The van der Waals surface area contributed by atoms with Gasteiger partial charge in [0.25, 0.3) is 5.19 Å². The molecule has 0 aliphatic heterocycles. The highest BCUT2D eigenvalue weighted by atomic mass is 79.9. The lowest BCUT2D eigenvalue weighted by Gasteiger charge is -2.08. The Morgan fingerprint density at radius 1 is 1.19 bits per heavy atom. The number of nitrogens with one attached hydrogen (secondary N) is 1. The number of nitrogens with zero attached hydrogens (tertiary/aromatic N) is 2. The Kier molecular flexibility index (Phi) is 5.98. The van der Waals surface area contributed by atoms with E-state index < -0.39 is 0 Å². The van der Waals surface area contributed by atoms with Gasteiger partial charge in [-0.15, -0.1) is 5.10 Å². The van der Waals surface area contributed by atoms with Gasteiger partial charge in [-0.3, -0.25) is 0 Å². The second-order valence-electron chi connectivity index (χ2n) is 4.52. The minimum atomic E-state index is 0.407. The Balaban J connectivity index is 2.10. The number of halogens is 2. The van der Waals surface area contributed by atoms with Crippen LogP contribution in [0.3, 0.4) is 0 Å². The monoisotopic (exact) mass is 435 g/mol. The zero-order valence-corrected chi connectivity index (χ0v) is 15.8. The molecule has 0 amide bonds. The average Bonchev–Trinajstić information content (AvgIpc) is 2.88. The smallest absolute Gasteiger partial charge is 0.299 e. The number of hydrogen-bond donors (Lipinski definition) is 1. The minimum Gasteiger partial charge on any atom is -0.496 e. The van der Waals surface area contributed by atoms with Crippen molar-refractivity contribution in [3.8, 4) is 16.7 Å². The van der Waals surface area contributed by atoms with Crippen LogP contribution < -0.4 is 14.8 Å². The Morgan fingerprint density at radius 3 is 2.52 bits per heavy atom. The summed E-state index contributed by atoms with van der Waals surface area (Å²) in [4.78, 5) is 0. The maximum atomic E-state index is 5.76. The van der Waals surface area contributed by atoms with E-state index in [-0.39, 0.29) is 0 Å². The summed E-state index contributed by atoms with van der Waals surface area (Å²) < 4.78 is 12.6. The van der Waals surface area contributed by atoms with Gasteiger partial charge in [0.2, 0.25) is 0 Å². The maximum absolute atomic E-state index is 5.76. The lowest BCUT2D eigenvalue weighted by atomic mass is 10.3. The molecular formula is C13H15Br2N3O2S. The molecule has 0 bridgehead atoms. The summed E-state index contributed by atoms with van der Waals surface area (Å²) in [7, 11) is 1.62. The zero-order valence-electron chi connectivity index (χ0n) is 11.8. The van der Waals surface area contributed by atoms with E-state index in [0.717, 1.165) is 19.7 Å². The summed E-state index contributed by atoms with van der Waals surface area (Å²) in [6, 6.07) is 4.07. The highest BCUT2D eigenvalue weighted by molar-refractivity contribution is 9.11. The van der Waals surface area contributed by atoms with Crippen molar-refractivity contribution >= 4 is 43.2 Å². The molecule has 0 aliphatic carbocycles. The number of rotatable bonds is 6. The van der Waals surface area contributed by atoms with Gasteiger partial charge >= 0.3 is 0 Å². The molecule has 2 aromatic rings. The molecular weight excluding hydrogens is 422 g/mol. The van der Waals surface area contributed by atoms with Crippen LogP contribution in [0, 0.1) is 0 Å². The summed E-state index contributed by atoms with van der Waals surface area (Å²) in [6.45, 7) is 4.86. The van der Waals surface area contributed by atoms with E-state index in [4.69, 9.17) is 9.47 Å². The van der Waals surface area contributed by atoms with Crippen molar-refractivity contribution < 1.29 is 9.47 Å². The van der Waals surface area contributed by atoms with Crippen LogP contribution in [0.1, 0.15) is 18.9 Å². The number of aromatic nitrogens is 2. The first-order valence-corrected chi connectivity index (χ1v) is 8.66. The van der Waals surface area contributed by atoms with E-state index in [2.05, 4.69) is 61.2 Å². The molecule has 8 heteroatoms. The second kappa shape index (κ2) is 7.53. The van der Waals surface area contributed by atoms with Crippen LogP contribution in [0.15, 0.2) is 21.1 Å². The molecule has 0 atom stereocenters. The van der Waals surface area contributed by atoms with Crippen LogP contribution in [0.2, 0.25) is 0 Å². The number of hydrogen-bond acceptors (Lipinski definition) is 6. The van der Waals surface area contributed by atoms with Gasteiger partial charge in [0.05, 0.1) is 22.6 Å². The Morgan fingerprint density at radius 2 is 1.86 bits per heavy atom. The van der Waals surface area contributed by atoms with Crippen LogP contribution in [-0.4, -0.2) is 23.3 Å². The van der Waals surface area contributed by atoms with Crippen molar-refractivity contribution in [1.29, 1.82) is 0 Å². The molecule has 0 spiro atoms. The van der Waals surface area contributed by atoms with Gasteiger partial charge in [0.15, 0.2) is 0 Å². The number of benzene rings is 1. The molecule has 5 nitrogen and oxygen atoms in total. The summed E-state index contributed by atoms with van der Waals surface area (Å²) in [5.74, 6) is 1.38. The van der Waals surface area contributed by atoms with E-state index in [1.807, 2.05) is 12.1 Å². The fraction of sp³-hybridized carbons (Fsp3) is 0.385. The number of ether oxygens (including phenoxy) is 2. The van der Waals surface area contributed by atoms with Gasteiger partial charge in [-0.25, -0.2) is 0 Å². The minimum absolute atomic E-state index is 0.407. The highest BCUT2D eigenvalue weighted by Crippen LogP contribution is 2.38. The highest BCUT2D eigenvalue weighted by Gasteiger charge is 2.12. The maximum Gasteiger partial charge on any atom is 0.299 e. The lowest BCUT2D eigenvalue weighted by Crippen LogP contribution is -2.21. The molecule has 0 saturated carbocycles. The molecule has 21 heavy (non-hydrogen) atoms. The summed E-state index contributed by atoms with van der Waals surface area (Å²) >= 11 is 8.31. The van der Waals surface area contributed by atoms with Gasteiger partial charge in [-0.2, -0.15) is 0 Å². The van der Waals surface area contributed by atoms with Crippen LogP contribution in [-0.2, 0) is 6.54 Å². The van der Waals surface area contributed by atoms with E-state index in [1.54, 1.807) is 7.11 Å². The predicted octanol–water partition coefficient (Wildman–Crippen LogP) is 4.36. The largest absolute Gasteiger partial charge is 0.496 e. The van der Waals surface area contributed by atoms with E-state index >= 15 is 0 Å². The first kappa shape index (κ1) is 16.7. The predicted molar refractivity (Wildman–Crippen MR) is 90.4 cm³/mol. The molecule has 0 aliphatic rings. The third kappa shape index (κ3) is 4.64. The first-order valence-electron chi connectivity index (χ1n) is 6.26. The summed E-state index contributed by atoms with van der Waals surface area (Å²) in [6.07, 6.45) is 0. The van der Waals surface area contributed by atoms with E-state index in [9.17, 15) is 0 Å². The van der Waals surface area contributed by atoms with E-state index in [1.165, 1.54) is 11.3 Å². The fourth-order valence-electron chi connectivity index (χ4n) is 1.48. The third-order valence-corrected chi connectivity index (χ3v) is 4.55. The molecule has 0 fully saturated rings. The van der Waals surface area contributed by atoms with Gasteiger partial charge in [0.1, 0.15) is 16.5 Å². The molecule has 0 saturated heterocycles. The quantitative estimate of drug-likeness (QED) is 0.728. The third-order valence-electron chi connectivity index (χ3n) is 2.51. The van der Waals surface area contributed by atoms with Crippen molar-refractivity contribution in [1.82, 2.24) is 15.5 Å². The Labute approximate surface area is 144 Å².